The quantitative estimate of drug-likeness (QED) is 0.554. The van der Waals surface area contributed by atoms with Crippen LogP contribution in [0.4, 0.5) is 0 Å². The van der Waals surface area contributed by atoms with Crippen molar-refractivity contribution < 1.29 is 20.1 Å². The zero-order valence-corrected chi connectivity index (χ0v) is 14.6. The molecule has 0 N–H and O–H groups in total. The molecule has 1 radical (unpaired) electrons. The van der Waals surface area contributed by atoms with Gasteiger partial charge in [-0.2, -0.15) is 5.10 Å². The van der Waals surface area contributed by atoms with Crippen molar-refractivity contribution in [2.45, 2.75) is 20.8 Å². The Kier molecular flexibility index (Phi) is 4.71. The second kappa shape index (κ2) is 6.33. The summed E-state index contributed by atoms with van der Waals surface area (Å²) in [6.45, 7) is 6.10. The molecule has 0 spiro atoms. The van der Waals surface area contributed by atoms with Gasteiger partial charge in [0.15, 0.2) is 0 Å². The van der Waals surface area contributed by atoms with E-state index in [2.05, 4.69) is 52.0 Å². The molecule has 0 aliphatic heterocycles. The van der Waals surface area contributed by atoms with E-state index in [-0.39, 0.29) is 20.1 Å². The first-order valence-electron chi connectivity index (χ1n) is 6.63. The van der Waals surface area contributed by atoms with Gasteiger partial charge in [-0.15, -0.1) is 40.0 Å². The van der Waals surface area contributed by atoms with Crippen LogP contribution in [-0.4, -0.2) is 14.8 Å². The number of para-hydroxylation sites is 1. The zero-order valence-electron chi connectivity index (χ0n) is 12.2. The summed E-state index contributed by atoms with van der Waals surface area (Å²) in [4.78, 5) is 0. The van der Waals surface area contributed by atoms with Gasteiger partial charge in [0.2, 0.25) is 0 Å². The number of aromatic nitrogens is 3. The third kappa shape index (κ3) is 3.12. The summed E-state index contributed by atoms with van der Waals surface area (Å²) in [7, 11) is 0. The first-order chi connectivity index (χ1) is 9.65. The summed E-state index contributed by atoms with van der Waals surface area (Å²) in [5.74, 6) is 1.71. The van der Waals surface area contributed by atoms with Gasteiger partial charge in [-0.05, 0) is 19.1 Å². The molecular weight excluding hydrogens is 438 g/mol. The molecule has 3 rings (SSSR count). The Morgan fingerprint density at radius 3 is 2.33 bits per heavy atom. The molecule has 3 aromatic rings. The zero-order chi connectivity index (χ0) is 14.1. The predicted octanol–water partition coefficient (Wildman–Crippen LogP) is 3.66. The Bertz CT molecular complexity index is 728. The molecule has 0 unspecified atom stereocenters. The fraction of sp³-hybridized carbons (Fsp3) is 0.176. The summed E-state index contributed by atoms with van der Waals surface area (Å²) >= 11 is 0. The largest absolute Gasteiger partial charge is 0.320 e. The van der Waals surface area contributed by atoms with Gasteiger partial charge in [0, 0.05) is 25.8 Å². The third-order valence-corrected chi connectivity index (χ3v) is 3.23. The van der Waals surface area contributed by atoms with Crippen molar-refractivity contribution in [3.63, 3.8) is 0 Å². The van der Waals surface area contributed by atoms with E-state index in [0.29, 0.717) is 0 Å². The molecule has 21 heavy (non-hydrogen) atoms. The molecule has 2 aromatic carbocycles. The van der Waals surface area contributed by atoms with Crippen LogP contribution in [0.3, 0.4) is 0 Å². The van der Waals surface area contributed by atoms with E-state index >= 15 is 0 Å². The molecule has 0 amide bonds. The normalized spacial score (nSPS) is 10.2. The average molecular weight is 455 g/mol. The maximum atomic E-state index is 4.33. The van der Waals surface area contributed by atoms with E-state index in [1.165, 1.54) is 5.56 Å². The van der Waals surface area contributed by atoms with Gasteiger partial charge in [0.25, 0.3) is 0 Å². The first kappa shape index (κ1) is 15.6. The first-order valence-corrected chi connectivity index (χ1v) is 6.63. The van der Waals surface area contributed by atoms with Crippen LogP contribution >= 0.6 is 0 Å². The van der Waals surface area contributed by atoms with E-state index < -0.39 is 0 Å². The minimum Gasteiger partial charge on any atom is -0.320 e. The summed E-state index contributed by atoms with van der Waals surface area (Å²) in [5.41, 5.74) is 4.36. The SMILES string of the molecule is Cc1[c-]c(-c2nnc(C)n2-c2ccccc2)cc(C)c1.[Ir]. The summed E-state index contributed by atoms with van der Waals surface area (Å²) in [6.07, 6.45) is 0. The van der Waals surface area contributed by atoms with Crippen LogP contribution in [0.1, 0.15) is 17.0 Å². The Labute approximate surface area is 138 Å². The van der Waals surface area contributed by atoms with Crippen molar-refractivity contribution in [2.75, 3.05) is 0 Å². The third-order valence-electron chi connectivity index (χ3n) is 3.23. The smallest absolute Gasteiger partial charge is 0.125 e. The maximum absolute atomic E-state index is 4.33. The molecule has 0 saturated heterocycles. The second-order valence-electron chi connectivity index (χ2n) is 5.00. The van der Waals surface area contributed by atoms with Crippen molar-refractivity contribution in [2.24, 2.45) is 0 Å². The Morgan fingerprint density at radius 1 is 0.952 bits per heavy atom. The Morgan fingerprint density at radius 2 is 1.67 bits per heavy atom. The molecule has 0 fully saturated rings. The van der Waals surface area contributed by atoms with Gasteiger partial charge in [0.05, 0.1) is 5.82 Å². The Balaban J connectivity index is 0.00000161. The molecule has 0 aliphatic rings. The molecule has 0 aliphatic carbocycles. The van der Waals surface area contributed by atoms with Gasteiger partial charge in [-0.25, -0.2) is 0 Å². The number of hydrogen-bond donors (Lipinski definition) is 0. The average Bonchev–Trinajstić information content (AvgIpc) is 2.80. The summed E-state index contributed by atoms with van der Waals surface area (Å²) in [6, 6.07) is 17.7. The fourth-order valence-electron chi connectivity index (χ4n) is 2.44. The van der Waals surface area contributed by atoms with Crippen molar-refractivity contribution >= 4 is 0 Å². The minimum atomic E-state index is 0. The van der Waals surface area contributed by atoms with E-state index in [4.69, 9.17) is 0 Å². The molecule has 0 bridgehead atoms. The standard InChI is InChI=1S/C17H16N3.Ir/c1-12-9-13(2)11-15(10-12)17-19-18-14(3)20(17)16-7-5-4-6-8-16;/h4-10H,1-3H3;/q-1;. The molecule has 109 valence electrons. The monoisotopic (exact) mass is 455 g/mol. The number of rotatable bonds is 2. The van der Waals surface area contributed by atoms with Crippen molar-refractivity contribution in [3.8, 4) is 17.1 Å². The van der Waals surface area contributed by atoms with E-state index in [0.717, 1.165) is 28.5 Å². The molecule has 1 aromatic heterocycles. The topological polar surface area (TPSA) is 30.7 Å². The van der Waals surface area contributed by atoms with Gasteiger partial charge < -0.3 is 4.57 Å². The number of hydrogen-bond acceptors (Lipinski definition) is 2. The fourth-order valence-corrected chi connectivity index (χ4v) is 2.44. The summed E-state index contributed by atoms with van der Waals surface area (Å²) in [5, 5.41) is 8.55. The van der Waals surface area contributed by atoms with Crippen LogP contribution in [0.2, 0.25) is 0 Å². The molecule has 3 nitrogen and oxygen atoms in total. The second-order valence-corrected chi connectivity index (χ2v) is 5.00. The van der Waals surface area contributed by atoms with Crippen LogP contribution < -0.4 is 0 Å². The van der Waals surface area contributed by atoms with Gasteiger partial charge >= 0.3 is 0 Å². The van der Waals surface area contributed by atoms with Crippen molar-refractivity contribution in [3.05, 3.63) is 65.5 Å². The van der Waals surface area contributed by atoms with E-state index in [1.54, 1.807) is 0 Å². The van der Waals surface area contributed by atoms with Crippen LogP contribution in [0.25, 0.3) is 17.1 Å². The van der Waals surface area contributed by atoms with Crippen LogP contribution in [0.15, 0.2) is 42.5 Å². The van der Waals surface area contributed by atoms with E-state index in [9.17, 15) is 0 Å². The Hall–Kier alpha value is -1.77. The van der Waals surface area contributed by atoms with Gasteiger partial charge in [-0.1, -0.05) is 32.0 Å². The summed E-state index contributed by atoms with van der Waals surface area (Å²) < 4.78 is 2.06. The molecule has 0 atom stereocenters. The molecular formula is C17H16IrN3-. The number of benzene rings is 2. The van der Waals surface area contributed by atoms with Crippen LogP contribution in [0.5, 0.6) is 0 Å². The maximum Gasteiger partial charge on any atom is 0.125 e. The predicted molar refractivity (Wildman–Crippen MR) is 79.8 cm³/mol. The number of nitrogens with zero attached hydrogens (tertiary/aromatic N) is 3. The van der Waals surface area contributed by atoms with Gasteiger partial charge in [0.1, 0.15) is 5.82 Å². The minimum absolute atomic E-state index is 0. The van der Waals surface area contributed by atoms with Crippen LogP contribution in [0, 0.1) is 26.8 Å². The van der Waals surface area contributed by atoms with Crippen molar-refractivity contribution in [1.82, 2.24) is 14.8 Å². The van der Waals surface area contributed by atoms with Crippen molar-refractivity contribution in [1.29, 1.82) is 0 Å². The molecule has 1 heterocycles. The van der Waals surface area contributed by atoms with Crippen LogP contribution in [-0.2, 0) is 20.1 Å². The molecule has 0 saturated carbocycles. The van der Waals surface area contributed by atoms with E-state index in [1.807, 2.05) is 32.0 Å². The molecule has 4 heteroatoms. The number of aryl methyl sites for hydroxylation is 3. The van der Waals surface area contributed by atoms with Gasteiger partial charge in [-0.3, -0.25) is 0 Å².